The summed E-state index contributed by atoms with van der Waals surface area (Å²) >= 11 is 3.40. The van der Waals surface area contributed by atoms with E-state index in [1.807, 2.05) is 43.3 Å². The Morgan fingerprint density at radius 3 is 2.41 bits per heavy atom. The van der Waals surface area contributed by atoms with Crippen molar-refractivity contribution in [3.05, 3.63) is 62.4 Å². The third-order valence-corrected chi connectivity index (χ3v) is 6.11. The molecule has 1 fully saturated rings. The average molecular weight is 504 g/mol. The van der Waals surface area contributed by atoms with Crippen molar-refractivity contribution in [2.45, 2.75) is 19.9 Å². The summed E-state index contributed by atoms with van der Waals surface area (Å²) in [5, 5.41) is 11.3. The number of amides is 1. The molecule has 9 heteroatoms. The fourth-order valence-corrected chi connectivity index (χ4v) is 4.22. The molecule has 1 aromatic heterocycles. The summed E-state index contributed by atoms with van der Waals surface area (Å²) < 4.78 is 5.65. The van der Waals surface area contributed by atoms with Gasteiger partial charge in [0.1, 0.15) is 11.5 Å². The molecule has 1 aliphatic heterocycles. The van der Waals surface area contributed by atoms with Crippen molar-refractivity contribution >= 4 is 39.3 Å². The highest BCUT2D eigenvalue weighted by molar-refractivity contribution is 9.10. The Kier molecular flexibility index (Phi) is 6.90. The van der Waals surface area contributed by atoms with Gasteiger partial charge >= 0.3 is 5.97 Å². The van der Waals surface area contributed by atoms with Gasteiger partial charge in [0, 0.05) is 28.8 Å². The predicted octanol–water partition coefficient (Wildman–Crippen LogP) is 3.16. The number of carbonyl (C=O) groups excluding carboxylic acids is 3. The fourth-order valence-electron chi connectivity index (χ4n) is 3.96. The average Bonchev–Trinajstić information content (AvgIpc) is 3.18. The number of nitrogens with zero attached hydrogens (tertiary/aromatic N) is 2. The molecule has 8 nitrogen and oxygen atoms in total. The van der Waals surface area contributed by atoms with E-state index >= 15 is 0 Å². The van der Waals surface area contributed by atoms with E-state index < -0.39 is 23.7 Å². The minimum absolute atomic E-state index is 0.00213. The minimum Gasteiger partial charge on any atom is -0.507 e. The van der Waals surface area contributed by atoms with Crippen LogP contribution in [0.1, 0.15) is 38.9 Å². The van der Waals surface area contributed by atoms with Crippen LogP contribution >= 0.6 is 15.9 Å². The van der Waals surface area contributed by atoms with Crippen LogP contribution in [0.15, 0.2) is 34.3 Å². The Bertz CT molecular complexity index is 1100. The number of esters is 1. The highest BCUT2D eigenvalue weighted by atomic mass is 79.9. The molecule has 0 saturated carbocycles. The van der Waals surface area contributed by atoms with Crippen LogP contribution < -0.4 is 0 Å². The number of methoxy groups -OCH3 is 1. The number of ether oxygens (including phenoxy) is 1. The predicted molar refractivity (Wildman–Crippen MR) is 123 cm³/mol. The number of halogens is 1. The van der Waals surface area contributed by atoms with Gasteiger partial charge in [0.25, 0.3) is 11.7 Å². The number of ketones is 1. The van der Waals surface area contributed by atoms with Gasteiger partial charge in [-0.2, -0.15) is 0 Å². The van der Waals surface area contributed by atoms with Crippen molar-refractivity contribution in [1.29, 1.82) is 0 Å². The SMILES string of the molecule is COC(=O)c1[nH]c(C)c(/C(O)=C2\C(=O)C(=O)N(CCN(C)C)[C@@H]2c2ccc(Br)cc2)c1C. The molecule has 3 rings (SSSR count). The Labute approximate surface area is 195 Å². The number of H-pyrrole nitrogens is 1. The summed E-state index contributed by atoms with van der Waals surface area (Å²) in [6.45, 7) is 4.20. The summed E-state index contributed by atoms with van der Waals surface area (Å²) in [5.41, 5.74) is 2.14. The van der Waals surface area contributed by atoms with Crippen LogP contribution in [-0.4, -0.2) is 71.8 Å². The molecule has 1 atom stereocenters. The van der Waals surface area contributed by atoms with E-state index in [-0.39, 0.29) is 17.0 Å². The number of nitrogens with one attached hydrogen (secondary N) is 1. The maximum atomic E-state index is 13.1. The zero-order chi connectivity index (χ0) is 23.7. The molecule has 170 valence electrons. The third-order valence-electron chi connectivity index (χ3n) is 5.58. The molecule has 32 heavy (non-hydrogen) atoms. The highest BCUT2D eigenvalue weighted by Crippen LogP contribution is 2.41. The largest absolute Gasteiger partial charge is 0.507 e. The fraction of sp³-hybridized carbons (Fsp3) is 0.348. The lowest BCUT2D eigenvalue weighted by atomic mass is 9.94. The summed E-state index contributed by atoms with van der Waals surface area (Å²) in [6, 6.07) is 6.52. The number of rotatable bonds is 6. The van der Waals surface area contributed by atoms with Crippen LogP contribution in [0.4, 0.5) is 0 Å². The molecule has 1 saturated heterocycles. The van der Waals surface area contributed by atoms with Gasteiger partial charge in [-0.1, -0.05) is 28.1 Å². The Morgan fingerprint density at radius 1 is 1.22 bits per heavy atom. The standard InChI is InChI=1S/C23H26BrN3O5/c1-12-16(13(2)25-18(12)23(31)32-5)20(28)17-19(14-6-8-15(24)9-7-14)27(11-10-26(3)4)22(30)21(17)29/h6-9,19,25,28H,10-11H2,1-5H3/b20-17+/t19-/m1/s1. The highest BCUT2D eigenvalue weighted by Gasteiger charge is 2.46. The number of benzene rings is 1. The van der Waals surface area contributed by atoms with Crippen molar-refractivity contribution in [2.75, 3.05) is 34.3 Å². The minimum atomic E-state index is -0.756. The molecule has 1 aliphatic rings. The molecule has 1 amide bonds. The van der Waals surface area contributed by atoms with Gasteiger partial charge in [-0.05, 0) is 51.2 Å². The molecule has 2 aromatic rings. The zero-order valence-corrected chi connectivity index (χ0v) is 20.2. The quantitative estimate of drug-likeness (QED) is 0.271. The second-order valence-corrected chi connectivity index (χ2v) is 8.88. The van der Waals surface area contributed by atoms with E-state index in [1.165, 1.54) is 12.0 Å². The van der Waals surface area contributed by atoms with Crippen LogP contribution in [0.25, 0.3) is 5.76 Å². The van der Waals surface area contributed by atoms with Crippen molar-refractivity contribution in [3.8, 4) is 0 Å². The number of hydrogen-bond donors (Lipinski definition) is 2. The first-order valence-corrected chi connectivity index (χ1v) is 10.8. The number of aromatic nitrogens is 1. The normalized spacial score (nSPS) is 18.0. The molecule has 0 bridgehead atoms. The number of Topliss-reactive ketones (excluding diaryl/α,β-unsaturated/α-hetero) is 1. The van der Waals surface area contributed by atoms with Gasteiger partial charge in [-0.25, -0.2) is 4.79 Å². The van der Waals surface area contributed by atoms with E-state index in [1.54, 1.807) is 13.8 Å². The van der Waals surface area contributed by atoms with Crippen LogP contribution in [0, 0.1) is 13.8 Å². The lowest BCUT2D eigenvalue weighted by molar-refractivity contribution is -0.140. The number of aromatic amines is 1. The summed E-state index contributed by atoms with van der Waals surface area (Å²) in [5.74, 6) is -2.32. The van der Waals surface area contributed by atoms with E-state index in [9.17, 15) is 19.5 Å². The van der Waals surface area contributed by atoms with Gasteiger partial charge in [0.15, 0.2) is 0 Å². The molecule has 0 unspecified atom stereocenters. The first-order chi connectivity index (χ1) is 15.1. The number of aliphatic hydroxyl groups is 1. The topological polar surface area (TPSA) is 103 Å². The van der Waals surface area contributed by atoms with Gasteiger partial charge in [-0.15, -0.1) is 0 Å². The summed E-state index contributed by atoms with van der Waals surface area (Å²) in [4.78, 5) is 44.5. The van der Waals surface area contributed by atoms with Crippen molar-refractivity contribution < 1.29 is 24.2 Å². The number of hydrogen-bond acceptors (Lipinski definition) is 6. The second kappa shape index (κ2) is 9.30. The molecule has 0 spiro atoms. The lowest BCUT2D eigenvalue weighted by Crippen LogP contribution is -2.35. The smallest absolute Gasteiger partial charge is 0.354 e. The van der Waals surface area contributed by atoms with Gasteiger partial charge in [-0.3, -0.25) is 9.59 Å². The van der Waals surface area contributed by atoms with Crippen molar-refractivity contribution in [2.24, 2.45) is 0 Å². The second-order valence-electron chi connectivity index (χ2n) is 7.96. The van der Waals surface area contributed by atoms with Crippen molar-refractivity contribution in [3.63, 3.8) is 0 Å². The number of likely N-dealkylation sites (N-methyl/N-ethyl adjacent to an activating group) is 1. The molecule has 2 heterocycles. The summed E-state index contributed by atoms with van der Waals surface area (Å²) in [6.07, 6.45) is 0. The maximum Gasteiger partial charge on any atom is 0.354 e. The van der Waals surface area contributed by atoms with Crippen LogP contribution in [-0.2, 0) is 14.3 Å². The molecular formula is C23H26BrN3O5. The lowest BCUT2D eigenvalue weighted by Gasteiger charge is -2.26. The third kappa shape index (κ3) is 4.22. The maximum absolute atomic E-state index is 13.1. The van der Waals surface area contributed by atoms with Gasteiger partial charge < -0.3 is 24.6 Å². The molecule has 2 N–H and O–H groups in total. The van der Waals surface area contributed by atoms with Crippen LogP contribution in [0.2, 0.25) is 0 Å². The first-order valence-electron chi connectivity index (χ1n) is 10.0. The molecular weight excluding hydrogens is 478 g/mol. The van der Waals surface area contributed by atoms with E-state index in [4.69, 9.17) is 4.74 Å². The van der Waals surface area contributed by atoms with E-state index in [2.05, 4.69) is 20.9 Å². The number of carbonyl (C=O) groups is 3. The molecule has 0 aliphatic carbocycles. The van der Waals surface area contributed by atoms with Gasteiger partial charge in [0.05, 0.1) is 18.7 Å². The monoisotopic (exact) mass is 503 g/mol. The van der Waals surface area contributed by atoms with E-state index in [0.717, 1.165) is 4.47 Å². The van der Waals surface area contributed by atoms with Crippen LogP contribution in [0.3, 0.4) is 0 Å². The Morgan fingerprint density at radius 2 is 1.84 bits per heavy atom. The number of aryl methyl sites for hydroxylation is 1. The Hall–Kier alpha value is -2.91. The summed E-state index contributed by atoms with van der Waals surface area (Å²) in [7, 11) is 5.03. The van der Waals surface area contributed by atoms with Crippen LogP contribution in [0.5, 0.6) is 0 Å². The number of likely N-dealkylation sites (tertiary alicyclic amines) is 1. The van der Waals surface area contributed by atoms with Gasteiger partial charge in [0.2, 0.25) is 0 Å². The molecule has 0 radical (unpaired) electrons. The Balaban J connectivity index is 2.21. The number of aliphatic hydroxyl groups excluding tert-OH is 1. The zero-order valence-electron chi connectivity index (χ0n) is 18.7. The van der Waals surface area contributed by atoms with Crippen molar-refractivity contribution in [1.82, 2.24) is 14.8 Å². The molecule has 1 aromatic carbocycles. The van der Waals surface area contributed by atoms with E-state index in [0.29, 0.717) is 35.5 Å². The first kappa shape index (κ1) is 23.7.